The Morgan fingerprint density at radius 2 is 2.09 bits per heavy atom. The van der Waals surface area contributed by atoms with Crippen LogP contribution in [0.15, 0.2) is 47.8 Å². The predicted molar refractivity (Wildman–Crippen MR) is 126 cm³/mol. The lowest BCUT2D eigenvalue weighted by Crippen LogP contribution is -2.52. The van der Waals surface area contributed by atoms with Gasteiger partial charge in [0.05, 0.1) is 28.7 Å². The van der Waals surface area contributed by atoms with E-state index in [1.54, 1.807) is 37.3 Å². The molecule has 0 saturated heterocycles. The molecule has 32 heavy (non-hydrogen) atoms. The summed E-state index contributed by atoms with van der Waals surface area (Å²) in [4.78, 5) is 32.3. The molecule has 0 radical (unpaired) electrons. The Labute approximate surface area is 191 Å². The second-order valence-corrected chi connectivity index (χ2v) is 8.56. The van der Waals surface area contributed by atoms with Crippen molar-refractivity contribution in [1.82, 2.24) is 4.98 Å². The van der Waals surface area contributed by atoms with Gasteiger partial charge in [-0.1, -0.05) is 12.1 Å². The molecule has 0 bridgehead atoms. The molecule has 2 unspecified atom stereocenters. The Bertz CT molecular complexity index is 1160. The number of nitrogens with zero attached hydrogens (tertiary/aromatic N) is 2. The number of para-hydroxylation sites is 2. The fraction of sp³-hybridized carbons (Fsp3) is 0.292. The van der Waals surface area contributed by atoms with Gasteiger partial charge in [-0.2, -0.15) is 0 Å². The van der Waals surface area contributed by atoms with Gasteiger partial charge in [-0.05, 0) is 58.0 Å². The largest absolute Gasteiger partial charge is 0.492 e. The summed E-state index contributed by atoms with van der Waals surface area (Å²) in [5, 5.41) is 5.82. The fourth-order valence-electron chi connectivity index (χ4n) is 3.62. The molecule has 0 aliphatic carbocycles. The molecule has 4 rings (SSSR count). The number of ether oxygens (including phenoxy) is 2. The molecule has 0 saturated carbocycles. The van der Waals surface area contributed by atoms with Gasteiger partial charge in [0.15, 0.2) is 6.10 Å². The van der Waals surface area contributed by atoms with Gasteiger partial charge in [0.2, 0.25) is 5.91 Å². The van der Waals surface area contributed by atoms with Crippen LogP contribution in [0.2, 0.25) is 0 Å². The number of hydrogen-bond acceptors (Lipinski definition) is 6. The van der Waals surface area contributed by atoms with Gasteiger partial charge in [0.25, 0.3) is 5.91 Å². The third-order valence-electron chi connectivity index (χ3n) is 5.23. The lowest BCUT2D eigenvalue weighted by molar-refractivity contribution is -0.128. The lowest BCUT2D eigenvalue weighted by atomic mass is 10.1. The van der Waals surface area contributed by atoms with Crippen LogP contribution in [-0.4, -0.2) is 35.6 Å². The van der Waals surface area contributed by atoms with E-state index in [0.717, 1.165) is 16.3 Å². The van der Waals surface area contributed by atoms with Gasteiger partial charge < -0.3 is 14.8 Å². The molecule has 3 aromatic rings. The standard InChI is InChI=1S/C24H25N3O4S/c1-5-30-21-9-7-6-8-18(21)26-23(28)14(2)27-20-12-17(19-13-32-16(4)25-19)10-11-22(20)31-15(3)24(27)29/h6-15H,5H2,1-4H3,(H,26,28). The average Bonchev–Trinajstić information content (AvgIpc) is 3.22. The SMILES string of the molecule is CCOc1ccccc1NC(=O)C(C)N1C(=O)C(C)Oc2ccc(-c3csc(C)n3)cc21. The van der Waals surface area contributed by atoms with Crippen LogP contribution in [0.1, 0.15) is 25.8 Å². The van der Waals surface area contributed by atoms with Crippen LogP contribution in [-0.2, 0) is 9.59 Å². The first kappa shape index (κ1) is 21.8. The van der Waals surface area contributed by atoms with Gasteiger partial charge in [-0.25, -0.2) is 4.98 Å². The van der Waals surface area contributed by atoms with E-state index in [4.69, 9.17) is 9.47 Å². The maximum atomic E-state index is 13.2. The summed E-state index contributed by atoms with van der Waals surface area (Å²) in [6.07, 6.45) is -0.694. The quantitative estimate of drug-likeness (QED) is 0.590. The van der Waals surface area contributed by atoms with Crippen molar-refractivity contribution in [3.05, 3.63) is 52.9 Å². The maximum absolute atomic E-state index is 13.2. The second kappa shape index (κ2) is 9.00. The van der Waals surface area contributed by atoms with Gasteiger partial charge in [-0.3, -0.25) is 14.5 Å². The van der Waals surface area contributed by atoms with Gasteiger partial charge in [0.1, 0.15) is 17.5 Å². The van der Waals surface area contributed by atoms with Crippen LogP contribution < -0.4 is 19.7 Å². The molecule has 2 atom stereocenters. The van der Waals surface area contributed by atoms with E-state index in [-0.39, 0.29) is 11.8 Å². The topological polar surface area (TPSA) is 80.8 Å². The third-order valence-corrected chi connectivity index (χ3v) is 6.01. The molecular formula is C24H25N3O4S. The van der Waals surface area contributed by atoms with Crippen LogP contribution in [0.4, 0.5) is 11.4 Å². The summed E-state index contributed by atoms with van der Waals surface area (Å²) < 4.78 is 11.4. The Morgan fingerprint density at radius 3 is 2.81 bits per heavy atom. The van der Waals surface area contributed by atoms with Crippen LogP contribution >= 0.6 is 11.3 Å². The highest BCUT2D eigenvalue weighted by Gasteiger charge is 2.37. The third kappa shape index (κ3) is 4.18. The Morgan fingerprint density at radius 1 is 1.31 bits per heavy atom. The molecule has 0 spiro atoms. The smallest absolute Gasteiger partial charge is 0.268 e. The number of benzene rings is 2. The van der Waals surface area contributed by atoms with E-state index < -0.39 is 12.1 Å². The monoisotopic (exact) mass is 451 g/mol. The molecule has 166 valence electrons. The number of carbonyl (C=O) groups excluding carboxylic acids is 2. The van der Waals surface area contributed by atoms with E-state index in [9.17, 15) is 9.59 Å². The number of rotatable bonds is 6. The van der Waals surface area contributed by atoms with Crippen LogP contribution in [0.3, 0.4) is 0 Å². The van der Waals surface area contributed by atoms with Gasteiger partial charge in [0, 0.05) is 10.9 Å². The highest BCUT2D eigenvalue weighted by molar-refractivity contribution is 7.09. The van der Waals surface area contributed by atoms with E-state index in [2.05, 4.69) is 10.3 Å². The minimum atomic E-state index is -0.769. The van der Waals surface area contributed by atoms with Crippen molar-refractivity contribution in [2.24, 2.45) is 0 Å². The Hall–Kier alpha value is -3.39. The highest BCUT2D eigenvalue weighted by atomic mass is 32.1. The first-order valence-electron chi connectivity index (χ1n) is 10.5. The summed E-state index contributed by atoms with van der Waals surface area (Å²) in [5.74, 6) is 0.547. The van der Waals surface area contributed by atoms with E-state index in [1.165, 1.54) is 4.90 Å². The van der Waals surface area contributed by atoms with Crippen molar-refractivity contribution < 1.29 is 19.1 Å². The predicted octanol–water partition coefficient (Wildman–Crippen LogP) is 4.66. The number of amides is 2. The molecule has 7 nitrogen and oxygen atoms in total. The molecule has 1 N–H and O–H groups in total. The lowest BCUT2D eigenvalue weighted by Gasteiger charge is -2.36. The number of carbonyl (C=O) groups is 2. The van der Waals surface area contributed by atoms with Crippen molar-refractivity contribution in [3.8, 4) is 22.8 Å². The zero-order valence-electron chi connectivity index (χ0n) is 18.4. The van der Waals surface area contributed by atoms with Crippen molar-refractivity contribution in [2.75, 3.05) is 16.8 Å². The molecule has 8 heteroatoms. The van der Waals surface area contributed by atoms with E-state index in [1.807, 2.05) is 49.6 Å². The second-order valence-electron chi connectivity index (χ2n) is 7.50. The highest BCUT2D eigenvalue weighted by Crippen LogP contribution is 2.39. The van der Waals surface area contributed by atoms with E-state index in [0.29, 0.717) is 29.5 Å². The molecule has 2 amide bonds. The molecule has 2 aromatic carbocycles. The van der Waals surface area contributed by atoms with Crippen molar-refractivity contribution >= 4 is 34.5 Å². The fourth-order valence-corrected chi connectivity index (χ4v) is 4.24. The summed E-state index contributed by atoms with van der Waals surface area (Å²) in [7, 11) is 0. The normalized spacial score (nSPS) is 16.2. The van der Waals surface area contributed by atoms with Crippen LogP contribution in [0, 0.1) is 6.92 Å². The molecule has 1 aromatic heterocycles. The van der Waals surface area contributed by atoms with Crippen LogP contribution in [0.25, 0.3) is 11.3 Å². The van der Waals surface area contributed by atoms with E-state index >= 15 is 0 Å². The zero-order valence-corrected chi connectivity index (χ0v) is 19.2. The number of fused-ring (bicyclic) bond motifs is 1. The summed E-state index contributed by atoms with van der Waals surface area (Å²) >= 11 is 1.56. The maximum Gasteiger partial charge on any atom is 0.268 e. The van der Waals surface area contributed by atoms with Crippen molar-refractivity contribution in [1.29, 1.82) is 0 Å². The Kier molecular flexibility index (Phi) is 6.14. The number of anilines is 2. The first-order valence-corrected chi connectivity index (χ1v) is 11.4. The molecular weight excluding hydrogens is 426 g/mol. The average molecular weight is 452 g/mol. The minimum Gasteiger partial charge on any atom is -0.492 e. The number of hydrogen-bond donors (Lipinski definition) is 1. The van der Waals surface area contributed by atoms with Gasteiger partial charge >= 0.3 is 0 Å². The Balaban J connectivity index is 1.66. The summed E-state index contributed by atoms with van der Waals surface area (Å²) in [6.45, 7) is 7.70. The number of aromatic nitrogens is 1. The molecule has 1 aliphatic heterocycles. The molecule has 0 fully saturated rings. The zero-order chi connectivity index (χ0) is 22.8. The minimum absolute atomic E-state index is 0.273. The molecule has 2 heterocycles. The number of thiazole rings is 1. The number of aryl methyl sites for hydroxylation is 1. The van der Waals surface area contributed by atoms with Crippen molar-refractivity contribution in [2.45, 2.75) is 39.8 Å². The summed E-state index contributed by atoms with van der Waals surface area (Å²) in [6, 6.07) is 12.1. The number of nitrogens with one attached hydrogen (secondary N) is 1. The van der Waals surface area contributed by atoms with Crippen LogP contribution in [0.5, 0.6) is 11.5 Å². The first-order chi connectivity index (χ1) is 15.4. The van der Waals surface area contributed by atoms with Gasteiger partial charge in [-0.15, -0.1) is 11.3 Å². The summed E-state index contributed by atoms with van der Waals surface area (Å²) in [5.41, 5.74) is 2.80. The van der Waals surface area contributed by atoms with Crippen molar-refractivity contribution in [3.63, 3.8) is 0 Å². The molecule has 1 aliphatic rings.